The molecule has 1 aliphatic heterocycles. The van der Waals surface area contributed by atoms with Crippen LogP contribution in [0.1, 0.15) is 37.8 Å². The van der Waals surface area contributed by atoms with E-state index < -0.39 is 0 Å². The predicted molar refractivity (Wildman–Crippen MR) is 214 cm³/mol. The van der Waals surface area contributed by atoms with E-state index in [0.717, 1.165) is 74.7 Å². The van der Waals surface area contributed by atoms with Crippen molar-refractivity contribution in [3.63, 3.8) is 0 Å². The first-order chi connectivity index (χ1) is 26.0. The molecule has 0 fully saturated rings. The topological polar surface area (TPSA) is 44.2 Å². The first-order valence-electron chi connectivity index (χ1n) is 18.3. The molecule has 0 radical (unpaired) electrons. The molecule has 7 aromatic rings. The predicted octanol–water partition coefficient (Wildman–Crippen LogP) is 13.1. The Morgan fingerprint density at radius 2 is 1.06 bits per heavy atom. The van der Waals surface area contributed by atoms with Gasteiger partial charge in [0.05, 0.1) is 11.4 Å². The highest BCUT2D eigenvalue weighted by Gasteiger charge is 2.39. The molecule has 2 aliphatic carbocycles. The molecule has 3 aliphatic rings. The number of rotatable bonds is 5. The summed E-state index contributed by atoms with van der Waals surface area (Å²) in [7, 11) is 0. The van der Waals surface area contributed by atoms with E-state index in [2.05, 4.69) is 147 Å². The van der Waals surface area contributed by atoms with Crippen LogP contribution in [0, 0.1) is 0 Å². The molecule has 0 saturated heterocycles. The lowest BCUT2D eigenvalue weighted by atomic mass is 9.78. The lowest BCUT2D eigenvalue weighted by Crippen LogP contribution is -2.18. The molecule has 10 rings (SSSR count). The van der Waals surface area contributed by atoms with E-state index in [-0.39, 0.29) is 5.41 Å². The van der Waals surface area contributed by atoms with Crippen LogP contribution in [0.4, 0.5) is 0 Å². The third-order valence-corrected chi connectivity index (χ3v) is 10.9. The van der Waals surface area contributed by atoms with Crippen LogP contribution in [-0.2, 0) is 5.41 Å². The van der Waals surface area contributed by atoms with Crippen LogP contribution >= 0.6 is 0 Å². The molecule has 0 amide bonds. The molecule has 4 heteroatoms. The smallest absolute Gasteiger partial charge is 0.170 e. The van der Waals surface area contributed by atoms with Gasteiger partial charge >= 0.3 is 0 Å². The van der Waals surface area contributed by atoms with Gasteiger partial charge in [-0.3, -0.25) is 0 Å². The zero-order chi connectivity index (χ0) is 35.5. The first kappa shape index (κ1) is 31.2. The Kier molecular flexibility index (Phi) is 7.26. The maximum atomic E-state index is 6.66. The highest BCUT2D eigenvalue weighted by Crippen LogP contribution is 2.55. The summed E-state index contributed by atoms with van der Waals surface area (Å²) in [4.78, 5) is 10.4. The van der Waals surface area contributed by atoms with Gasteiger partial charge < -0.3 is 9.47 Å². The van der Waals surface area contributed by atoms with Gasteiger partial charge in [0, 0.05) is 22.1 Å². The molecule has 0 N–H and O–H groups in total. The fourth-order valence-corrected chi connectivity index (χ4v) is 8.09. The van der Waals surface area contributed by atoms with E-state index >= 15 is 0 Å². The second kappa shape index (κ2) is 12.3. The van der Waals surface area contributed by atoms with E-state index in [1.807, 2.05) is 24.3 Å². The summed E-state index contributed by atoms with van der Waals surface area (Å²) in [5, 5.41) is 0. The number of hydrogen-bond acceptors (Lipinski definition) is 4. The minimum atomic E-state index is -0.0401. The number of benzene rings is 6. The van der Waals surface area contributed by atoms with Gasteiger partial charge in [-0.25, -0.2) is 9.97 Å². The van der Waals surface area contributed by atoms with Gasteiger partial charge in [0.1, 0.15) is 0 Å². The molecule has 0 saturated carbocycles. The Morgan fingerprint density at radius 1 is 0.491 bits per heavy atom. The van der Waals surface area contributed by atoms with E-state index in [1.54, 1.807) is 0 Å². The average Bonchev–Trinajstić information content (AvgIpc) is 3.44. The van der Waals surface area contributed by atoms with Crippen LogP contribution in [0.2, 0.25) is 0 Å². The zero-order valence-electron chi connectivity index (χ0n) is 29.6. The number of aromatic nitrogens is 2. The van der Waals surface area contributed by atoms with Gasteiger partial charge in [0.2, 0.25) is 0 Å². The number of nitrogens with zero attached hydrogens (tertiary/aromatic N) is 2. The van der Waals surface area contributed by atoms with E-state index in [4.69, 9.17) is 19.4 Å². The molecule has 0 atom stereocenters. The second-order valence-corrected chi connectivity index (χ2v) is 14.5. The van der Waals surface area contributed by atoms with Crippen molar-refractivity contribution < 1.29 is 9.47 Å². The van der Waals surface area contributed by atoms with Crippen molar-refractivity contribution in [3.8, 4) is 79.2 Å². The summed E-state index contributed by atoms with van der Waals surface area (Å²) in [6, 6.07) is 50.4. The van der Waals surface area contributed by atoms with Crippen molar-refractivity contribution in [2.45, 2.75) is 32.1 Å². The number of allylic oxidation sites excluding steroid dienone is 4. The Morgan fingerprint density at radius 3 is 1.77 bits per heavy atom. The van der Waals surface area contributed by atoms with Crippen molar-refractivity contribution in [1.82, 2.24) is 9.97 Å². The summed E-state index contributed by atoms with van der Waals surface area (Å²) >= 11 is 0. The Bertz CT molecular complexity index is 2540. The zero-order valence-corrected chi connectivity index (χ0v) is 29.6. The second-order valence-electron chi connectivity index (χ2n) is 14.5. The number of fused-ring (bicyclic) bond motifs is 4. The van der Waals surface area contributed by atoms with Crippen molar-refractivity contribution in [2.75, 3.05) is 0 Å². The maximum Gasteiger partial charge on any atom is 0.170 e. The summed E-state index contributed by atoms with van der Waals surface area (Å²) in [5.74, 6) is 3.50. The van der Waals surface area contributed by atoms with Gasteiger partial charge in [-0.15, -0.1) is 0 Å². The van der Waals surface area contributed by atoms with Gasteiger partial charge in [-0.2, -0.15) is 0 Å². The monoisotopic (exact) mass is 684 g/mol. The van der Waals surface area contributed by atoms with E-state index in [9.17, 15) is 0 Å². The molecule has 0 spiro atoms. The van der Waals surface area contributed by atoms with Crippen molar-refractivity contribution in [2.24, 2.45) is 0 Å². The Balaban J connectivity index is 1.07. The van der Waals surface area contributed by atoms with Crippen molar-refractivity contribution in [3.05, 3.63) is 174 Å². The molecule has 4 nitrogen and oxygen atoms in total. The molecule has 6 aromatic carbocycles. The molecule has 1 aromatic heterocycles. The third-order valence-electron chi connectivity index (χ3n) is 10.9. The highest BCUT2D eigenvalue weighted by molar-refractivity contribution is 5.88. The number of hydrogen-bond donors (Lipinski definition) is 0. The van der Waals surface area contributed by atoms with Gasteiger partial charge in [0.15, 0.2) is 28.8 Å². The average molecular weight is 685 g/mol. The summed E-state index contributed by atoms with van der Waals surface area (Å²) in [5.41, 5.74) is 14.4. The largest absolute Gasteiger partial charge is 0.450 e. The van der Waals surface area contributed by atoms with Crippen molar-refractivity contribution in [1.29, 1.82) is 0 Å². The van der Waals surface area contributed by atoms with Crippen molar-refractivity contribution >= 4 is 5.57 Å². The van der Waals surface area contributed by atoms with Crippen LogP contribution in [0.3, 0.4) is 0 Å². The van der Waals surface area contributed by atoms with Crippen LogP contribution in [-0.4, -0.2) is 9.97 Å². The standard InChI is InChI=1S/C49H36N2O2/c1-49(2)40-22-10-9-21-38(40)39-28-46-47(29-41(39)49)52-44-24-23-36(27-45(44)53-46)43-30-42(35-19-11-17-33(25-35)31-13-5-3-6-14-31)50-48(51-43)37-20-12-18-34(26-37)32-15-7-4-8-16-32/h3-9,11-21,23-30H,10,22H2,1-2H3. The van der Waals surface area contributed by atoms with Crippen LogP contribution in [0.25, 0.3) is 61.7 Å². The summed E-state index contributed by atoms with van der Waals surface area (Å²) < 4.78 is 13.2. The van der Waals surface area contributed by atoms with E-state index in [0.29, 0.717) is 17.3 Å². The first-order valence-corrected chi connectivity index (χ1v) is 18.3. The minimum Gasteiger partial charge on any atom is -0.450 e. The lowest BCUT2D eigenvalue weighted by Gasteiger charge is -2.27. The van der Waals surface area contributed by atoms with Crippen LogP contribution in [0.5, 0.6) is 23.0 Å². The Hall–Kier alpha value is -6.52. The normalized spacial score (nSPS) is 14.8. The summed E-state index contributed by atoms with van der Waals surface area (Å²) in [6.45, 7) is 4.65. The fourth-order valence-electron chi connectivity index (χ4n) is 8.09. The molecule has 0 unspecified atom stereocenters. The third kappa shape index (κ3) is 5.46. The molecule has 254 valence electrons. The lowest BCUT2D eigenvalue weighted by molar-refractivity contribution is 0.358. The molecular formula is C49H36N2O2. The fraction of sp³-hybridized carbons (Fsp3) is 0.102. The van der Waals surface area contributed by atoms with Gasteiger partial charge in [0.25, 0.3) is 0 Å². The van der Waals surface area contributed by atoms with Gasteiger partial charge in [-0.05, 0) is 100 Å². The molecular weight excluding hydrogens is 649 g/mol. The van der Waals surface area contributed by atoms with Crippen LogP contribution < -0.4 is 9.47 Å². The number of ether oxygens (including phenoxy) is 2. The minimum absolute atomic E-state index is 0.0401. The SMILES string of the molecule is CC1(C)C2=C(C=CCC2)c2cc3c(cc21)Oc1ccc(-c2cc(-c4cccc(-c5ccccc5)c4)nc(-c4cccc(-c5ccccc5)c4)n2)cc1O3. The molecule has 2 heterocycles. The molecule has 53 heavy (non-hydrogen) atoms. The Labute approximate surface area is 309 Å². The highest BCUT2D eigenvalue weighted by atomic mass is 16.6. The van der Waals surface area contributed by atoms with Gasteiger partial charge in [-0.1, -0.05) is 129 Å². The summed E-state index contributed by atoms with van der Waals surface area (Å²) in [6.07, 6.45) is 6.73. The van der Waals surface area contributed by atoms with E-state index in [1.165, 1.54) is 22.3 Å². The maximum absolute atomic E-state index is 6.66. The quantitative estimate of drug-likeness (QED) is 0.181. The molecule has 0 bridgehead atoms. The van der Waals surface area contributed by atoms with Crippen LogP contribution in [0.15, 0.2) is 163 Å².